The van der Waals surface area contributed by atoms with E-state index in [4.69, 9.17) is 5.11 Å². The molecule has 2 aromatic carbocycles. The van der Waals surface area contributed by atoms with Gasteiger partial charge in [0, 0.05) is 24.6 Å². The summed E-state index contributed by atoms with van der Waals surface area (Å²) < 4.78 is 1.57. The molecule has 0 saturated heterocycles. The molecule has 35 heavy (non-hydrogen) atoms. The number of aryl methyl sites for hydroxylation is 5. The van der Waals surface area contributed by atoms with Crippen LogP contribution in [0.4, 0.5) is 0 Å². The van der Waals surface area contributed by atoms with E-state index in [2.05, 4.69) is 65.8 Å². The van der Waals surface area contributed by atoms with Gasteiger partial charge in [0.05, 0.1) is 18.6 Å². The van der Waals surface area contributed by atoms with Gasteiger partial charge in [-0.15, -0.1) is 5.10 Å². The van der Waals surface area contributed by atoms with Gasteiger partial charge >= 0.3 is 5.97 Å². The van der Waals surface area contributed by atoms with Crippen molar-refractivity contribution in [2.75, 3.05) is 0 Å². The summed E-state index contributed by atoms with van der Waals surface area (Å²) in [5.74, 6) is -0.610. The Morgan fingerprint density at radius 2 is 1.57 bits per heavy atom. The molecule has 0 spiro atoms. The first kappa shape index (κ1) is 26.0. The second-order valence-corrected chi connectivity index (χ2v) is 8.97. The Labute approximate surface area is 205 Å². The monoisotopic (exact) mass is 476 g/mol. The Balaban J connectivity index is 2.24. The van der Waals surface area contributed by atoms with Crippen LogP contribution in [0.25, 0.3) is 11.1 Å². The molecule has 0 aliphatic heterocycles. The highest BCUT2D eigenvalue weighted by Gasteiger charge is 2.20. The van der Waals surface area contributed by atoms with Crippen LogP contribution < -0.4 is 0 Å². The topological polar surface area (TPSA) is 121 Å². The molecule has 2 unspecified atom stereocenters. The molecule has 1 heterocycles. The molecule has 0 aliphatic rings. The molecule has 3 aromatic rings. The molecule has 0 amide bonds. The summed E-state index contributed by atoms with van der Waals surface area (Å²) in [6, 6.07) is 12.5. The van der Waals surface area contributed by atoms with E-state index >= 15 is 0 Å². The molecule has 3 N–H and O–H groups in total. The van der Waals surface area contributed by atoms with E-state index in [0.29, 0.717) is 11.4 Å². The molecular formula is C27H32N4O4. The first-order valence-electron chi connectivity index (χ1n) is 11.4. The minimum Gasteiger partial charge on any atom is -0.481 e. The lowest BCUT2D eigenvalue weighted by Crippen LogP contribution is -2.19. The highest BCUT2D eigenvalue weighted by atomic mass is 16.4. The molecule has 184 valence electrons. The quantitative estimate of drug-likeness (QED) is 0.404. The van der Waals surface area contributed by atoms with Gasteiger partial charge in [-0.1, -0.05) is 59.7 Å². The normalized spacial score (nSPS) is 13.1. The van der Waals surface area contributed by atoms with Crippen molar-refractivity contribution in [1.82, 2.24) is 20.2 Å². The van der Waals surface area contributed by atoms with Gasteiger partial charge in [0.2, 0.25) is 0 Å². The maximum Gasteiger partial charge on any atom is 0.305 e. The largest absolute Gasteiger partial charge is 0.481 e. The summed E-state index contributed by atoms with van der Waals surface area (Å²) in [4.78, 5) is 10.9. The van der Waals surface area contributed by atoms with Crippen molar-refractivity contribution in [3.8, 4) is 0 Å². The first-order chi connectivity index (χ1) is 16.6. The Morgan fingerprint density at radius 1 is 1.00 bits per heavy atom. The van der Waals surface area contributed by atoms with E-state index in [1.807, 2.05) is 13.8 Å². The number of aliphatic hydroxyl groups is 2. The van der Waals surface area contributed by atoms with Crippen LogP contribution in [-0.4, -0.2) is 53.7 Å². The van der Waals surface area contributed by atoms with Crippen LogP contribution >= 0.6 is 0 Å². The number of aromatic nitrogens is 4. The third-order valence-corrected chi connectivity index (χ3v) is 5.84. The summed E-state index contributed by atoms with van der Waals surface area (Å²) in [7, 11) is 1.75. The molecule has 8 heteroatoms. The summed E-state index contributed by atoms with van der Waals surface area (Å²) in [5.41, 5.74) is 8.07. The minimum atomic E-state index is -1.16. The van der Waals surface area contributed by atoms with Crippen LogP contribution in [0.2, 0.25) is 0 Å². The number of allylic oxidation sites excluding steroid dienone is 2. The molecule has 1 aromatic heterocycles. The third kappa shape index (κ3) is 6.49. The molecule has 8 nitrogen and oxygen atoms in total. The van der Waals surface area contributed by atoms with Gasteiger partial charge < -0.3 is 15.3 Å². The van der Waals surface area contributed by atoms with Crippen LogP contribution in [0.5, 0.6) is 0 Å². The standard InChI is InChI=1S/C27H32N4O4/c1-16-6-9-22(18(3)12-16)26(23-10-7-17(2)13-19(23)4)24(27-28-29-30-31(27)5)11-8-20(32)14-21(33)15-25(34)35/h6-13,20-21,32-33H,14-15H2,1-5H3,(H,34,35). The number of aliphatic hydroxyl groups excluding tert-OH is 2. The van der Waals surface area contributed by atoms with Gasteiger partial charge in [-0.2, -0.15) is 0 Å². The molecular weight excluding hydrogens is 444 g/mol. The molecule has 0 aliphatic carbocycles. The number of rotatable bonds is 9. The molecule has 0 radical (unpaired) electrons. The van der Waals surface area contributed by atoms with E-state index in [1.165, 1.54) is 0 Å². The number of nitrogens with zero attached hydrogens (tertiary/aromatic N) is 4. The van der Waals surface area contributed by atoms with Crippen molar-refractivity contribution >= 4 is 17.1 Å². The average Bonchev–Trinajstić information content (AvgIpc) is 3.17. The van der Waals surface area contributed by atoms with Crippen LogP contribution in [0.1, 0.15) is 52.0 Å². The summed E-state index contributed by atoms with van der Waals surface area (Å²) in [5, 5.41) is 41.5. The van der Waals surface area contributed by atoms with E-state index in [9.17, 15) is 15.0 Å². The number of tetrazole rings is 1. The highest BCUT2D eigenvalue weighted by Crippen LogP contribution is 2.36. The highest BCUT2D eigenvalue weighted by molar-refractivity contribution is 6.02. The molecule has 0 bridgehead atoms. The van der Waals surface area contributed by atoms with Crippen LogP contribution in [0, 0.1) is 27.7 Å². The lowest BCUT2D eigenvalue weighted by Gasteiger charge is -2.19. The van der Waals surface area contributed by atoms with E-state index in [1.54, 1.807) is 23.9 Å². The Kier molecular flexibility index (Phi) is 8.32. The first-order valence-corrected chi connectivity index (χ1v) is 11.4. The molecule has 3 rings (SSSR count). The Morgan fingerprint density at radius 3 is 2.03 bits per heavy atom. The number of hydrogen-bond donors (Lipinski definition) is 3. The van der Waals surface area contributed by atoms with Crippen LogP contribution in [0.3, 0.4) is 0 Å². The van der Waals surface area contributed by atoms with E-state index in [-0.39, 0.29) is 6.42 Å². The van der Waals surface area contributed by atoms with Crippen molar-refractivity contribution < 1.29 is 20.1 Å². The fourth-order valence-electron chi connectivity index (χ4n) is 4.20. The third-order valence-electron chi connectivity index (χ3n) is 5.84. The van der Waals surface area contributed by atoms with Gasteiger partial charge in [0.15, 0.2) is 5.82 Å². The number of benzene rings is 2. The van der Waals surface area contributed by atoms with Crippen molar-refractivity contribution in [3.63, 3.8) is 0 Å². The zero-order valence-corrected chi connectivity index (χ0v) is 20.7. The van der Waals surface area contributed by atoms with Gasteiger partial charge in [-0.3, -0.25) is 4.79 Å². The van der Waals surface area contributed by atoms with Crippen molar-refractivity contribution in [2.24, 2.45) is 7.05 Å². The molecule has 2 atom stereocenters. The predicted octanol–water partition coefficient (Wildman–Crippen LogP) is 3.55. The van der Waals surface area contributed by atoms with Gasteiger partial charge in [-0.05, 0) is 60.4 Å². The fourth-order valence-corrected chi connectivity index (χ4v) is 4.20. The maximum absolute atomic E-state index is 10.9. The van der Waals surface area contributed by atoms with Gasteiger partial charge in [-0.25, -0.2) is 4.68 Å². The van der Waals surface area contributed by atoms with E-state index in [0.717, 1.165) is 39.0 Å². The fraction of sp³-hybridized carbons (Fsp3) is 0.333. The average molecular weight is 477 g/mol. The van der Waals surface area contributed by atoms with E-state index < -0.39 is 24.6 Å². The smallest absolute Gasteiger partial charge is 0.305 e. The minimum absolute atomic E-state index is 0.102. The molecule has 0 saturated carbocycles. The lowest BCUT2D eigenvalue weighted by atomic mass is 9.86. The summed E-state index contributed by atoms with van der Waals surface area (Å²) in [6.45, 7) is 8.20. The second-order valence-electron chi connectivity index (χ2n) is 8.97. The number of aliphatic carboxylic acids is 1. The lowest BCUT2D eigenvalue weighted by molar-refractivity contribution is -0.139. The zero-order chi connectivity index (χ0) is 25.7. The number of carboxylic acid groups (broad SMARTS) is 1. The van der Waals surface area contributed by atoms with Crippen molar-refractivity contribution in [1.29, 1.82) is 0 Å². The SMILES string of the molecule is Cc1ccc(C(=C(C=CC(O)CC(O)CC(=O)O)c2nnnn2C)c2ccc(C)cc2C)c(C)c1. The van der Waals surface area contributed by atoms with Crippen LogP contribution in [0.15, 0.2) is 48.6 Å². The second kappa shape index (κ2) is 11.2. The zero-order valence-electron chi connectivity index (χ0n) is 20.7. The van der Waals surface area contributed by atoms with Crippen LogP contribution in [-0.2, 0) is 11.8 Å². The van der Waals surface area contributed by atoms with Gasteiger partial charge in [0.1, 0.15) is 0 Å². The van der Waals surface area contributed by atoms with Crippen molar-refractivity contribution in [2.45, 2.75) is 52.7 Å². The predicted molar refractivity (Wildman–Crippen MR) is 135 cm³/mol. The molecule has 0 fully saturated rings. The van der Waals surface area contributed by atoms with Crippen molar-refractivity contribution in [3.05, 3.63) is 87.8 Å². The Bertz CT molecular complexity index is 1220. The summed E-state index contributed by atoms with van der Waals surface area (Å²) >= 11 is 0. The number of carboxylic acids is 1. The van der Waals surface area contributed by atoms with Gasteiger partial charge in [0.25, 0.3) is 0 Å². The maximum atomic E-state index is 10.9. The Hall–Kier alpha value is -3.62. The number of hydrogen-bond acceptors (Lipinski definition) is 6. The number of carbonyl (C=O) groups is 1. The summed E-state index contributed by atoms with van der Waals surface area (Å²) in [6.07, 6.45) is 0.543.